The average Bonchev–Trinajstić information content (AvgIpc) is 2.26. The van der Waals surface area contributed by atoms with Gasteiger partial charge in [0.15, 0.2) is 0 Å². The summed E-state index contributed by atoms with van der Waals surface area (Å²) in [6.45, 7) is 5.68. The van der Waals surface area contributed by atoms with Gasteiger partial charge < -0.3 is 15.8 Å². The number of hydrogen-bond donors (Lipinski definition) is 2. The molecule has 0 aliphatic rings. The van der Waals surface area contributed by atoms with Gasteiger partial charge in [0.25, 0.3) is 0 Å². The molecule has 0 aliphatic heterocycles. The van der Waals surface area contributed by atoms with Crippen molar-refractivity contribution in [3.8, 4) is 0 Å². The Labute approximate surface area is 107 Å². The second-order valence-corrected chi connectivity index (χ2v) is 5.54. The van der Waals surface area contributed by atoms with Crippen molar-refractivity contribution in [1.29, 1.82) is 0 Å². The molecular formula is C11H22N2O3S. The number of carbonyl (C=O) groups is 2. The third-order valence-corrected chi connectivity index (χ3v) is 3.29. The number of ether oxygens (including phenoxy) is 1. The highest BCUT2D eigenvalue weighted by molar-refractivity contribution is 8.00. The van der Waals surface area contributed by atoms with E-state index in [1.54, 1.807) is 0 Å². The lowest BCUT2D eigenvalue weighted by Crippen LogP contribution is -2.36. The van der Waals surface area contributed by atoms with Crippen molar-refractivity contribution in [2.24, 2.45) is 5.73 Å². The van der Waals surface area contributed by atoms with Crippen LogP contribution in [0.2, 0.25) is 0 Å². The second kappa shape index (κ2) is 8.36. The van der Waals surface area contributed by atoms with Crippen molar-refractivity contribution in [3.05, 3.63) is 0 Å². The number of esters is 1. The molecule has 2 atom stereocenters. The van der Waals surface area contributed by atoms with Crippen LogP contribution in [0.1, 0.15) is 27.2 Å². The van der Waals surface area contributed by atoms with Gasteiger partial charge in [-0.25, -0.2) is 0 Å². The molecule has 1 amide bonds. The summed E-state index contributed by atoms with van der Waals surface area (Å²) in [5, 5.41) is 2.70. The van der Waals surface area contributed by atoms with Crippen LogP contribution in [-0.4, -0.2) is 42.1 Å². The zero-order valence-electron chi connectivity index (χ0n) is 10.9. The number of thioether (sulfide) groups is 1. The Hall–Kier alpha value is -0.750. The van der Waals surface area contributed by atoms with Gasteiger partial charge in [0.05, 0.1) is 12.4 Å². The van der Waals surface area contributed by atoms with E-state index in [1.165, 1.54) is 18.9 Å². The number of hydrogen-bond acceptors (Lipinski definition) is 5. The number of amides is 1. The fraction of sp³-hybridized carbons (Fsp3) is 0.818. The maximum absolute atomic E-state index is 11.6. The topological polar surface area (TPSA) is 81.4 Å². The molecule has 100 valence electrons. The Morgan fingerprint density at radius 3 is 2.41 bits per heavy atom. The smallest absolute Gasteiger partial charge is 0.322 e. The monoisotopic (exact) mass is 262 g/mol. The third kappa shape index (κ3) is 7.23. The highest BCUT2D eigenvalue weighted by Gasteiger charge is 2.17. The van der Waals surface area contributed by atoms with Crippen molar-refractivity contribution in [2.75, 3.05) is 12.9 Å². The van der Waals surface area contributed by atoms with Crippen LogP contribution in [-0.2, 0) is 14.3 Å². The van der Waals surface area contributed by atoms with Crippen molar-refractivity contribution in [3.63, 3.8) is 0 Å². The van der Waals surface area contributed by atoms with E-state index in [0.29, 0.717) is 12.2 Å². The predicted octanol–water partition coefficient (Wildman–Crippen LogP) is 0.523. The first-order chi connectivity index (χ1) is 7.88. The summed E-state index contributed by atoms with van der Waals surface area (Å²) in [6.07, 6.45) is 0.511. The van der Waals surface area contributed by atoms with Crippen LogP contribution in [0.15, 0.2) is 0 Å². The van der Waals surface area contributed by atoms with Crippen LogP contribution in [0.4, 0.5) is 0 Å². The minimum atomic E-state index is -0.604. The van der Waals surface area contributed by atoms with E-state index in [1.807, 2.05) is 20.8 Å². The largest absolute Gasteiger partial charge is 0.468 e. The van der Waals surface area contributed by atoms with E-state index in [9.17, 15) is 9.59 Å². The molecular weight excluding hydrogens is 240 g/mol. The lowest BCUT2D eigenvalue weighted by molar-refractivity contribution is -0.142. The number of rotatable bonds is 7. The highest BCUT2D eigenvalue weighted by Crippen LogP contribution is 2.13. The zero-order chi connectivity index (χ0) is 13.4. The maximum atomic E-state index is 11.6. The summed E-state index contributed by atoms with van der Waals surface area (Å²) in [5.74, 6) is 0.254. The Morgan fingerprint density at radius 2 is 1.94 bits per heavy atom. The summed E-state index contributed by atoms with van der Waals surface area (Å²) in [4.78, 5) is 22.6. The predicted molar refractivity (Wildman–Crippen MR) is 69.8 cm³/mol. The fourth-order valence-corrected chi connectivity index (χ4v) is 2.08. The van der Waals surface area contributed by atoms with Gasteiger partial charge in [0.1, 0.15) is 6.04 Å². The van der Waals surface area contributed by atoms with Crippen LogP contribution in [0, 0.1) is 0 Å². The standard InChI is InChI=1S/C11H22N2O3S/c1-7(2)13-10(14)8(3)17-6-5-9(12)11(15)16-4/h7-9H,5-6,12H2,1-4H3,(H,13,14). The summed E-state index contributed by atoms with van der Waals surface area (Å²) in [6, 6.07) is -0.462. The van der Waals surface area contributed by atoms with Gasteiger partial charge in [-0.15, -0.1) is 11.8 Å². The fourth-order valence-electron chi connectivity index (χ4n) is 1.12. The molecule has 3 N–H and O–H groups in total. The van der Waals surface area contributed by atoms with E-state index < -0.39 is 12.0 Å². The molecule has 0 radical (unpaired) electrons. The minimum Gasteiger partial charge on any atom is -0.468 e. The molecule has 0 bridgehead atoms. The highest BCUT2D eigenvalue weighted by atomic mass is 32.2. The molecule has 6 heteroatoms. The summed E-state index contributed by atoms with van der Waals surface area (Å²) in [5.41, 5.74) is 5.58. The Bertz CT molecular complexity index is 259. The number of carbonyl (C=O) groups excluding carboxylic acids is 2. The lowest BCUT2D eigenvalue weighted by atomic mass is 10.2. The van der Waals surface area contributed by atoms with Crippen LogP contribution in [0.5, 0.6) is 0 Å². The lowest BCUT2D eigenvalue weighted by Gasteiger charge is -2.15. The Kier molecular flexibility index (Phi) is 7.99. The first kappa shape index (κ1) is 16.2. The summed E-state index contributed by atoms with van der Waals surface area (Å²) in [7, 11) is 1.31. The summed E-state index contributed by atoms with van der Waals surface area (Å²) >= 11 is 1.48. The quantitative estimate of drug-likeness (QED) is 0.654. The van der Waals surface area contributed by atoms with Crippen LogP contribution in [0.3, 0.4) is 0 Å². The molecule has 0 spiro atoms. The molecule has 0 heterocycles. The van der Waals surface area contributed by atoms with Crippen molar-refractivity contribution in [1.82, 2.24) is 5.32 Å². The Balaban J connectivity index is 3.81. The first-order valence-electron chi connectivity index (χ1n) is 5.63. The van der Waals surface area contributed by atoms with E-state index >= 15 is 0 Å². The molecule has 5 nitrogen and oxygen atoms in total. The van der Waals surface area contributed by atoms with Crippen LogP contribution >= 0.6 is 11.8 Å². The molecule has 0 fully saturated rings. The van der Waals surface area contributed by atoms with Crippen molar-refractivity contribution in [2.45, 2.75) is 44.5 Å². The molecule has 0 aromatic rings. The van der Waals surface area contributed by atoms with Crippen LogP contribution in [0.25, 0.3) is 0 Å². The normalized spacial score (nSPS) is 14.2. The molecule has 17 heavy (non-hydrogen) atoms. The third-order valence-electron chi connectivity index (χ3n) is 2.10. The number of nitrogens with two attached hydrogens (primary N) is 1. The molecule has 0 aromatic heterocycles. The molecule has 0 saturated heterocycles. The van der Waals surface area contributed by atoms with Gasteiger partial charge in [-0.05, 0) is 32.9 Å². The number of nitrogens with one attached hydrogen (secondary N) is 1. The van der Waals surface area contributed by atoms with E-state index in [-0.39, 0.29) is 17.2 Å². The van der Waals surface area contributed by atoms with E-state index in [4.69, 9.17) is 5.73 Å². The average molecular weight is 262 g/mol. The second-order valence-electron chi connectivity index (χ2n) is 4.09. The van der Waals surface area contributed by atoms with Gasteiger partial charge >= 0.3 is 5.97 Å². The molecule has 0 aliphatic carbocycles. The van der Waals surface area contributed by atoms with E-state index in [2.05, 4.69) is 10.1 Å². The molecule has 0 rings (SSSR count). The molecule has 0 aromatic carbocycles. The summed E-state index contributed by atoms with van der Waals surface area (Å²) < 4.78 is 4.52. The first-order valence-corrected chi connectivity index (χ1v) is 6.68. The molecule has 2 unspecified atom stereocenters. The van der Waals surface area contributed by atoms with Crippen molar-refractivity contribution >= 4 is 23.6 Å². The maximum Gasteiger partial charge on any atom is 0.322 e. The van der Waals surface area contributed by atoms with Gasteiger partial charge in [0, 0.05) is 6.04 Å². The SMILES string of the molecule is COC(=O)C(N)CCSC(C)C(=O)NC(C)C. The van der Waals surface area contributed by atoms with Crippen molar-refractivity contribution < 1.29 is 14.3 Å². The number of methoxy groups -OCH3 is 1. The zero-order valence-corrected chi connectivity index (χ0v) is 11.7. The van der Waals surface area contributed by atoms with E-state index in [0.717, 1.165) is 0 Å². The van der Waals surface area contributed by atoms with Gasteiger partial charge in [-0.2, -0.15) is 0 Å². The van der Waals surface area contributed by atoms with Gasteiger partial charge in [-0.3, -0.25) is 9.59 Å². The minimum absolute atomic E-state index is 0.0108. The van der Waals surface area contributed by atoms with Crippen LogP contribution < -0.4 is 11.1 Å². The molecule has 0 saturated carbocycles. The van der Waals surface area contributed by atoms with Gasteiger partial charge in [-0.1, -0.05) is 0 Å². The Morgan fingerprint density at radius 1 is 1.35 bits per heavy atom. The van der Waals surface area contributed by atoms with Gasteiger partial charge in [0.2, 0.25) is 5.91 Å².